The molecule has 0 spiro atoms. The Kier molecular flexibility index (Phi) is 3.60. The van der Waals surface area contributed by atoms with E-state index in [1.54, 1.807) is 0 Å². The maximum absolute atomic E-state index is 2.63. The minimum atomic E-state index is -1.04. The summed E-state index contributed by atoms with van der Waals surface area (Å²) >= 11 is 0. The highest BCUT2D eigenvalue weighted by molar-refractivity contribution is 6.75. The Labute approximate surface area is 83.9 Å². The van der Waals surface area contributed by atoms with E-state index < -0.39 is 8.24 Å². The lowest BCUT2D eigenvalue weighted by Gasteiger charge is -2.28. The Hall–Kier alpha value is -0.243. The molecule has 0 radical (unpaired) electrons. The summed E-state index contributed by atoms with van der Waals surface area (Å²) in [7, 11) is -1.04. The number of nitrogens with zero attached hydrogens (tertiary/aromatic N) is 1. The van der Waals surface area contributed by atoms with Gasteiger partial charge in [-0.3, -0.25) is 0 Å². The minimum absolute atomic E-state index is 0.910. The largest absolute Gasteiger partial charge is 0.403 e. The molecule has 0 aromatic heterocycles. The van der Waals surface area contributed by atoms with Gasteiger partial charge in [0.2, 0.25) is 0 Å². The van der Waals surface area contributed by atoms with Crippen molar-refractivity contribution in [3.63, 3.8) is 0 Å². The molecule has 0 aromatic carbocycles. The number of hydrogen-bond donors (Lipinski definition) is 0. The molecule has 1 nitrogen and oxygen atoms in total. The average molecular weight is 197 g/mol. The molecule has 1 saturated heterocycles. The SMILES string of the molecule is CCC/C=C/N1CC(C)C[Si]1(C)C. The molecule has 1 fully saturated rings. The fourth-order valence-corrected chi connectivity index (χ4v) is 5.63. The lowest BCUT2D eigenvalue weighted by atomic mass is 10.2. The third-order valence-electron chi connectivity index (χ3n) is 2.87. The quantitative estimate of drug-likeness (QED) is 0.626. The summed E-state index contributed by atoms with van der Waals surface area (Å²) < 4.78 is 2.63. The van der Waals surface area contributed by atoms with Gasteiger partial charge in [0.1, 0.15) is 8.24 Å². The topological polar surface area (TPSA) is 3.24 Å². The highest BCUT2D eigenvalue weighted by Gasteiger charge is 2.36. The van der Waals surface area contributed by atoms with Gasteiger partial charge in [0.15, 0.2) is 0 Å². The van der Waals surface area contributed by atoms with Crippen molar-refractivity contribution < 1.29 is 0 Å². The van der Waals surface area contributed by atoms with Crippen LogP contribution in [0.3, 0.4) is 0 Å². The first kappa shape index (κ1) is 10.8. The van der Waals surface area contributed by atoms with Crippen LogP contribution in [-0.4, -0.2) is 19.3 Å². The van der Waals surface area contributed by atoms with Crippen molar-refractivity contribution in [2.75, 3.05) is 6.54 Å². The number of unbranched alkanes of at least 4 members (excludes halogenated alkanes) is 1. The van der Waals surface area contributed by atoms with Crippen LogP contribution in [0.25, 0.3) is 0 Å². The van der Waals surface area contributed by atoms with E-state index in [0.29, 0.717) is 0 Å². The fourth-order valence-electron chi connectivity index (χ4n) is 2.25. The van der Waals surface area contributed by atoms with E-state index in [0.717, 1.165) is 5.92 Å². The highest BCUT2D eigenvalue weighted by Crippen LogP contribution is 2.30. The molecule has 0 saturated carbocycles. The molecule has 1 aliphatic rings. The zero-order chi connectivity index (χ0) is 9.90. The van der Waals surface area contributed by atoms with Gasteiger partial charge in [-0.1, -0.05) is 39.4 Å². The maximum Gasteiger partial charge on any atom is 0.150 e. The molecule has 1 atom stereocenters. The summed E-state index contributed by atoms with van der Waals surface area (Å²) in [5.41, 5.74) is 0. The zero-order valence-electron chi connectivity index (χ0n) is 9.51. The van der Waals surface area contributed by atoms with Gasteiger partial charge in [-0.05, 0) is 24.6 Å². The summed E-state index contributed by atoms with van der Waals surface area (Å²) in [4.78, 5) is 0. The van der Waals surface area contributed by atoms with E-state index in [4.69, 9.17) is 0 Å². The monoisotopic (exact) mass is 197 g/mol. The molecular formula is C11H23NSi. The van der Waals surface area contributed by atoms with Gasteiger partial charge in [-0.2, -0.15) is 0 Å². The molecule has 1 unspecified atom stereocenters. The van der Waals surface area contributed by atoms with E-state index >= 15 is 0 Å². The first-order valence-electron chi connectivity index (χ1n) is 5.49. The van der Waals surface area contributed by atoms with Crippen molar-refractivity contribution in [2.24, 2.45) is 5.92 Å². The third kappa shape index (κ3) is 2.87. The Morgan fingerprint density at radius 1 is 1.46 bits per heavy atom. The lowest BCUT2D eigenvalue weighted by Crippen LogP contribution is -2.38. The predicted octanol–water partition coefficient (Wildman–Crippen LogP) is 3.46. The standard InChI is InChI=1S/C11H23NSi/c1-5-6-7-8-12-9-11(2)10-13(12,3)4/h7-8,11H,5-6,9-10H2,1-4H3/b8-7+. The minimum Gasteiger partial charge on any atom is -0.403 e. The average Bonchev–Trinajstić information content (AvgIpc) is 2.25. The highest BCUT2D eigenvalue weighted by atomic mass is 28.3. The molecular weight excluding hydrogens is 174 g/mol. The summed E-state index contributed by atoms with van der Waals surface area (Å²) in [6.07, 6.45) is 7.20. The van der Waals surface area contributed by atoms with Crippen molar-refractivity contribution in [2.45, 2.75) is 45.8 Å². The number of rotatable bonds is 3. The first-order chi connectivity index (χ1) is 6.06. The van der Waals surface area contributed by atoms with Crippen LogP contribution >= 0.6 is 0 Å². The van der Waals surface area contributed by atoms with Gasteiger partial charge in [0, 0.05) is 6.54 Å². The number of allylic oxidation sites excluding steroid dienone is 1. The Bertz CT molecular complexity index is 187. The fraction of sp³-hybridized carbons (Fsp3) is 0.818. The zero-order valence-corrected chi connectivity index (χ0v) is 10.5. The van der Waals surface area contributed by atoms with Gasteiger partial charge in [-0.25, -0.2) is 0 Å². The molecule has 1 rings (SSSR count). The summed E-state index contributed by atoms with van der Waals surface area (Å²) in [5, 5.41) is 0. The molecule has 0 aliphatic carbocycles. The normalized spacial score (nSPS) is 27.4. The van der Waals surface area contributed by atoms with Crippen LogP contribution in [-0.2, 0) is 0 Å². The molecule has 0 N–H and O–H groups in total. The summed E-state index contributed by atoms with van der Waals surface area (Å²) in [6, 6.07) is 1.46. The number of hydrogen-bond acceptors (Lipinski definition) is 1. The van der Waals surface area contributed by atoms with Gasteiger partial charge >= 0.3 is 0 Å². The first-order valence-corrected chi connectivity index (χ1v) is 8.65. The smallest absolute Gasteiger partial charge is 0.150 e. The summed E-state index contributed by atoms with van der Waals surface area (Å²) in [5.74, 6) is 0.910. The molecule has 76 valence electrons. The summed E-state index contributed by atoms with van der Waals surface area (Å²) in [6.45, 7) is 10.9. The maximum atomic E-state index is 2.63. The molecule has 13 heavy (non-hydrogen) atoms. The Balaban J connectivity index is 2.49. The van der Waals surface area contributed by atoms with Gasteiger partial charge in [0.25, 0.3) is 0 Å². The van der Waals surface area contributed by atoms with Crippen LogP contribution in [0.4, 0.5) is 0 Å². The second-order valence-corrected chi connectivity index (χ2v) is 9.56. The van der Waals surface area contributed by atoms with Crippen molar-refractivity contribution >= 4 is 8.24 Å². The van der Waals surface area contributed by atoms with Crippen LogP contribution in [0.1, 0.15) is 26.7 Å². The molecule has 1 heterocycles. The predicted molar refractivity (Wildman–Crippen MR) is 62.2 cm³/mol. The van der Waals surface area contributed by atoms with Crippen LogP contribution in [0.15, 0.2) is 12.3 Å². The van der Waals surface area contributed by atoms with Crippen molar-refractivity contribution in [3.05, 3.63) is 12.3 Å². The Morgan fingerprint density at radius 2 is 2.15 bits per heavy atom. The molecule has 1 aliphatic heterocycles. The molecule has 2 heteroatoms. The molecule has 0 bridgehead atoms. The van der Waals surface area contributed by atoms with E-state index in [2.05, 4.69) is 43.8 Å². The van der Waals surface area contributed by atoms with E-state index in [9.17, 15) is 0 Å². The molecule has 0 aromatic rings. The van der Waals surface area contributed by atoms with E-state index in [-0.39, 0.29) is 0 Å². The lowest BCUT2D eigenvalue weighted by molar-refractivity contribution is 0.524. The van der Waals surface area contributed by atoms with Crippen LogP contribution in [0, 0.1) is 5.92 Å². The van der Waals surface area contributed by atoms with Crippen LogP contribution in [0.2, 0.25) is 19.1 Å². The van der Waals surface area contributed by atoms with Gasteiger partial charge in [-0.15, -0.1) is 0 Å². The Morgan fingerprint density at radius 3 is 2.62 bits per heavy atom. The van der Waals surface area contributed by atoms with E-state index in [1.165, 1.54) is 25.4 Å². The second kappa shape index (κ2) is 4.31. The van der Waals surface area contributed by atoms with Gasteiger partial charge in [0.05, 0.1) is 0 Å². The second-order valence-electron chi connectivity index (χ2n) is 4.95. The van der Waals surface area contributed by atoms with Crippen molar-refractivity contribution in [3.8, 4) is 0 Å². The van der Waals surface area contributed by atoms with Crippen LogP contribution < -0.4 is 0 Å². The third-order valence-corrected chi connectivity index (χ3v) is 6.46. The van der Waals surface area contributed by atoms with Crippen molar-refractivity contribution in [1.82, 2.24) is 4.57 Å². The van der Waals surface area contributed by atoms with Crippen LogP contribution in [0.5, 0.6) is 0 Å². The molecule has 0 amide bonds. The van der Waals surface area contributed by atoms with E-state index in [1.807, 2.05) is 0 Å². The van der Waals surface area contributed by atoms with Crippen molar-refractivity contribution in [1.29, 1.82) is 0 Å². The van der Waals surface area contributed by atoms with Gasteiger partial charge < -0.3 is 4.57 Å².